The van der Waals surface area contributed by atoms with Gasteiger partial charge in [-0.15, -0.1) is 26.0 Å². The summed E-state index contributed by atoms with van der Waals surface area (Å²) in [6.45, 7) is 25.2. The van der Waals surface area contributed by atoms with E-state index in [1.807, 2.05) is 54.5 Å². The van der Waals surface area contributed by atoms with Crippen molar-refractivity contribution >= 4 is 8.58 Å². The van der Waals surface area contributed by atoms with Gasteiger partial charge in [0.2, 0.25) is 0 Å². The zero-order valence-corrected chi connectivity index (χ0v) is 16.0. The summed E-state index contributed by atoms with van der Waals surface area (Å²) in [6, 6.07) is 0. The molecular formula is C18H39P. The summed E-state index contributed by atoms with van der Waals surface area (Å²) in [7, 11) is 0.946. The fourth-order valence-corrected chi connectivity index (χ4v) is 1.16. The molecule has 0 amide bonds. The molecule has 0 aromatic carbocycles. The van der Waals surface area contributed by atoms with E-state index >= 15 is 0 Å². The van der Waals surface area contributed by atoms with Crippen LogP contribution < -0.4 is 0 Å². The van der Waals surface area contributed by atoms with Crippen LogP contribution in [0.1, 0.15) is 61.8 Å². The monoisotopic (exact) mass is 286 g/mol. The Balaban J connectivity index is -0.0000000324. The molecule has 0 aliphatic heterocycles. The summed E-state index contributed by atoms with van der Waals surface area (Å²) in [5.41, 5.74) is 0. The molecule has 0 saturated carbocycles. The fourth-order valence-electron chi connectivity index (χ4n) is 0.520. The molecule has 0 saturated heterocycles. The largest absolute Gasteiger partial charge is 0.124 e. The first kappa shape index (κ1) is 36.2. The van der Waals surface area contributed by atoms with Gasteiger partial charge in [0.15, 0.2) is 0 Å². The molecule has 0 spiro atoms. The molecule has 0 radical (unpaired) electrons. The SMILES string of the molecule is C#C.C=CC.C=CC/C(=C\C)PC.CC.CC.CC. The van der Waals surface area contributed by atoms with Crippen molar-refractivity contribution in [3.05, 3.63) is 36.7 Å². The molecule has 0 bridgehead atoms. The molecule has 116 valence electrons. The average molecular weight is 286 g/mol. The predicted octanol–water partition coefficient (Wildman–Crippen LogP) is 7.29. The normalized spacial score (nSPS) is 7.21. The standard InChI is InChI=1S/C7H13P.C3H6.3C2H6.C2H2/c1-4-6-7(5-2)8-3;1-3-2;4*1-2/h4-5,8H,1,6H2,2-3H3;3H,1H2,2H3;3*1-2H3;1-2H/b7-5+;;;;;. The lowest BCUT2D eigenvalue weighted by Gasteiger charge is -1.95. The van der Waals surface area contributed by atoms with E-state index in [4.69, 9.17) is 0 Å². The maximum Gasteiger partial charge on any atom is -0.0102 e. The number of hydrogen-bond acceptors (Lipinski definition) is 0. The lowest BCUT2D eigenvalue weighted by atomic mass is 10.4. The molecule has 1 atom stereocenters. The first-order valence-corrected chi connectivity index (χ1v) is 8.61. The Labute approximate surface area is 127 Å². The van der Waals surface area contributed by atoms with Crippen molar-refractivity contribution in [3.63, 3.8) is 0 Å². The predicted molar refractivity (Wildman–Crippen MR) is 103 cm³/mol. The third-order valence-electron chi connectivity index (χ3n) is 1.03. The molecule has 0 nitrogen and oxygen atoms in total. The van der Waals surface area contributed by atoms with Crippen LogP contribution >= 0.6 is 8.58 Å². The molecule has 0 rings (SSSR count). The second kappa shape index (κ2) is 87.0. The molecule has 19 heavy (non-hydrogen) atoms. The van der Waals surface area contributed by atoms with Gasteiger partial charge in [0.05, 0.1) is 0 Å². The minimum atomic E-state index is 0.946. The molecule has 0 aromatic heterocycles. The quantitative estimate of drug-likeness (QED) is 0.290. The van der Waals surface area contributed by atoms with E-state index in [0.717, 1.165) is 15.0 Å². The Kier molecular flexibility index (Phi) is 166. The van der Waals surface area contributed by atoms with Gasteiger partial charge >= 0.3 is 0 Å². The molecule has 1 unspecified atom stereocenters. The number of terminal acetylenes is 1. The van der Waals surface area contributed by atoms with E-state index < -0.39 is 0 Å². The van der Waals surface area contributed by atoms with Crippen LogP contribution in [0.5, 0.6) is 0 Å². The van der Waals surface area contributed by atoms with Crippen LogP contribution in [-0.4, -0.2) is 6.66 Å². The van der Waals surface area contributed by atoms with Crippen LogP contribution in [0, 0.1) is 12.8 Å². The summed E-state index contributed by atoms with van der Waals surface area (Å²) >= 11 is 0. The van der Waals surface area contributed by atoms with Gasteiger partial charge in [-0.05, 0) is 32.2 Å². The second-order valence-electron chi connectivity index (χ2n) is 1.96. The van der Waals surface area contributed by atoms with Gasteiger partial charge in [-0.25, -0.2) is 0 Å². The smallest absolute Gasteiger partial charge is 0.0102 e. The van der Waals surface area contributed by atoms with Gasteiger partial charge in [0.1, 0.15) is 0 Å². The van der Waals surface area contributed by atoms with Gasteiger partial charge in [0, 0.05) is 0 Å². The first-order chi connectivity index (χ1) is 9.26. The summed E-state index contributed by atoms with van der Waals surface area (Å²) in [6.07, 6.45) is 14.9. The Bertz CT molecular complexity index is 152. The summed E-state index contributed by atoms with van der Waals surface area (Å²) in [5, 5.41) is 1.50. The number of allylic oxidation sites excluding steroid dienone is 4. The maximum atomic E-state index is 4.00. The van der Waals surface area contributed by atoms with E-state index in [-0.39, 0.29) is 0 Å². The molecule has 0 aliphatic rings. The lowest BCUT2D eigenvalue weighted by Crippen LogP contribution is -1.66. The Hall–Kier alpha value is -0.790. The van der Waals surface area contributed by atoms with Gasteiger partial charge in [-0.1, -0.05) is 68.4 Å². The number of rotatable bonds is 3. The topological polar surface area (TPSA) is 0 Å². The fraction of sp³-hybridized carbons (Fsp3) is 0.556. The minimum Gasteiger partial charge on any atom is -0.124 e. The van der Waals surface area contributed by atoms with E-state index in [2.05, 4.69) is 45.7 Å². The third kappa shape index (κ3) is 103. The Morgan fingerprint density at radius 2 is 1.21 bits per heavy atom. The summed E-state index contributed by atoms with van der Waals surface area (Å²) in [4.78, 5) is 0. The summed E-state index contributed by atoms with van der Waals surface area (Å²) < 4.78 is 0. The van der Waals surface area contributed by atoms with Crippen LogP contribution in [0.15, 0.2) is 36.7 Å². The molecule has 0 aliphatic carbocycles. The highest BCUT2D eigenvalue weighted by Gasteiger charge is 1.84. The molecule has 0 aromatic rings. The van der Waals surface area contributed by atoms with Crippen LogP contribution in [0.4, 0.5) is 0 Å². The third-order valence-corrected chi connectivity index (χ3v) is 2.17. The van der Waals surface area contributed by atoms with Crippen molar-refractivity contribution in [2.45, 2.75) is 61.8 Å². The Morgan fingerprint density at radius 1 is 0.947 bits per heavy atom. The second-order valence-corrected chi connectivity index (χ2v) is 3.11. The highest BCUT2D eigenvalue weighted by atomic mass is 31.1. The highest BCUT2D eigenvalue weighted by Crippen LogP contribution is 2.21. The average Bonchev–Trinajstić information content (AvgIpc) is 2.53. The molecule has 0 N–H and O–H groups in total. The molecule has 0 heterocycles. The minimum absolute atomic E-state index is 0.946. The molecule has 0 fully saturated rings. The lowest BCUT2D eigenvalue weighted by molar-refractivity contribution is 1.35. The maximum absolute atomic E-state index is 4.00. The highest BCUT2D eigenvalue weighted by molar-refractivity contribution is 7.42. The first-order valence-electron chi connectivity index (χ1n) is 7.11. The number of hydrogen-bond donors (Lipinski definition) is 0. The van der Waals surface area contributed by atoms with Gasteiger partial charge in [0.25, 0.3) is 0 Å². The molecular weight excluding hydrogens is 247 g/mol. The van der Waals surface area contributed by atoms with Crippen molar-refractivity contribution in [2.24, 2.45) is 0 Å². The van der Waals surface area contributed by atoms with Gasteiger partial charge in [-0.2, -0.15) is 0 Å². The van der Waals surface area contributed by atoms with Crippen molar-refractivity contribution < 1.29 is 0 Å². The zero-order chi connectivity index (χ0) is 17.1. The van der Waals surface area contributed by atoms with Crippen molar-refractivity contribution in [3.8, 4) is 12.8 Å². The van der Waals surface area contributed by atoms with Crippen LogP contribution in [0.25, 0.3) is 0 Å². The van der Waals surface area contributed by atoms with Gasteiger partial charge < -0.3 is 0 Å². The van der Waals surface area contributed by atoms with Crippen LogP contribution in [-0.2, 0) is 0 Å². The van der Waals surface area contributed by atoms with Crippen molar-refractivity contribution in [2.75, 3.05) is 6.66 Å². The summed E-state index contributed by atoms with van der Waals surface area (Å²) in [5.74, 6) is 0. The van der Waals surface area contributed by atoms with E-state index in [0.29, 0.717) is 0 Å². The molecule has 1 heteroatoms. The van der Waals surface area contributed by atoms with E-state index in [9.17, 15) is 0 Å². The van der Waals surface area contributed by atoms with Crippen molar-refractivity contribution in [1.82, 2.24) is 0 Å². The van der Waals surface area contributed by atoms with E-state index in [1.54, 1.807) is 6.08 Å². The Morgan fingerprint density at radius 3 is 1.26 bits per heavy atom. The van der Waals surface area contributed by atoms with Crippen molar-refractivity contribution in [1.29, 1.82) is 0 Å². The van der Waals surface area contributed by atoms with Crippen LogP contribution in [0.3, 0.4) is 0 Å². The van der Waals surface area contributed by atoms with Gasteiger partial charge in [-0.3, -0.25) is 0 Å². The van der Waals surface area contributed by atoms with Crippen LogP contribution in [0.2, 0.25) is 0 Å². The zero-order valence-electron chi connectivity index (χ0n) is 15.0. The van der Waals surface area contributed by atoms with E-state index in [1.165, 1.54) is 5.31 Å².